The van der Waals surface area contributed by atoms with Crippen molar-refractivity contribution in [2.75, 3.05) is 26.2 Å². The molecule has 2 N–H and O–H groups in total. The summed E-state index contributed by atoms with van der Waals surface area (Å²) in [6.07, 6.45) is 1.77. The summed E-state index contributed by atoms with van der Waals surface area (Å²) < 4.78 is 16.4. The van der Waals surface area contributed by atoms with E-state index in [0.29, 0.717) is 27.9 Å². The van der Waals surface area contributed by atoms with Crippen molar-refractivity contribution in [2.45, 2.75) is 32.0 Å². The van der Waals surface area contributed by atoms with Crippen molar-refractivity contribution in [2.24, 2.45) is 0 Å². The second-order valence-corrected chi connectivity index (χ2v) is 8.37. The summed E-state index contributed by atoms with van der Waals surface area (Å²) >= 11 is 2.25. The lowest BCUT2D eigenvalue weighted by atomic mass is 10.1. The molecule has 0 saturated heterocycles. The van der Waals surface area contributed by atoms with Crippen LogP contribution in [0.25, 0.3) is 5.78 Å². The Kier molecular flexibility index (Phi) is 6.99. The van der Waals surface area contributed by atoms with Gasteiger partial charge < -0.3 is 19.9 Å². The fraction of sp³-hybridized carbons (Fsp3) is 0.368. The summed E-state index contributed by atoms with van der Waals surface area (Å²) in [6, 6.07) is 0. The van der Waals surface area contributed by atoms with Crippen molar-refractivity contribution < 1.29 is 28.6 Å². The fourth-order valence-corrected chi connectivity index (χ4v) is 4.40. The van der Waals surface area contributed by atoms with E-state index in [4.69, 9.17) is 19.9 Å². The summed E-state index contributed by atoms with van der Waals surface area (Å²) in [4.78, 5) is 45.7. The fourth-order valence-electron chi connectivity index (χ4n) is 3.09. The predicted octanol–water partition coefficient (Wildman–Crippen LogP) is 1.97. The van der Waals surface area contributed by atoms with Crippen molar-refractivity contribution in [3.8, 4) is 0 Å². The number of nitrogen functional groups attached to an aromatic ring is 1. The number of fused-ring (bicyclic) bond motifs is 1. The van der Waals surface area contributed by atoms with Gasteiger partial charge in [-0.2, -0.15) is 4.98 Å². The number of thioether (sulfide) groups is 1. The molecule has 0 amide bonds. The minimum absolute atomic E-state index is 0.0200. The first-order valence-corrected chi connectivity index (χ1v) is 11.3. The average Bonchev–Trinajstić information content (AvgIpc) is 3.34. The van der Waals surface area contributed by atoms with Gasteiger partial charge in [0.1, 0.15) is 22.0 Å². The molecular formula is C19H21N5O6S2. The molecule has 0 spiro atoms. The number of rotatable bonds is 7. The van der Waals surface area contributed by atoms with Gasteiger partial charge in [-0.3, -0.25) is 4.79 Å². The van der Waals surface area contributed by atoms with Crippen molar-refractivity contribution >= 4 is 51.8 Å². The van der Waals surface area contributed by atoms with Gasteiger partial charge in [0, 0.05) is 22.5 Å². The van der Waals surface area contributed by atoms with Gasteiger partial charge in [0.25, 0.3) is 5.78 Å². The number of methoxy groups -OCH3 is 2. The van der Waals surface area contributed by atoms with Gasteiger partial charge in [-0.1, -0.05) is 11.8 Å². The molecule has 0 radical (unpaired) electrons. The molecule has 3 heterocycles. The number of carbonyl (C=O) groups is 3. The molecule has 11 nitrogen and oxygen atoms in total. The average molecular weight is 480 g/mol. The van der Waals surface area contributed by atoms with Crippen LogP contribution in [0.2, 0.25) is 0 Å². The van der Waals surface area contributed by atoms with E-state index in [1.165, 1.54) is 26.0 Å². The van der Waals surface area contributed by atoms with E-state index in [-0.39, 0.29) is 34.0 Å². The van der Waals surface area contributed by atoms with Gasteiger partial charge in [-0.25, -0.2) is 19.1 Å². The SMILES string of the molecule is COC(=O)c1sc(N)c(C(=O)OC)c1COC(=O)Cc1c(C)nc2nc(SC)nn2c1C. The number of anilines is 1. The Morgan fingerprint density at radius 2 is 1.78 bits per heavy atom. The molecule has 0 atom stereocenters. The monoisotopic (exact) mass is 479 g/mol. The van der Waals surface area contributed by atoms with Crippen LogP contribution in [0.1, 0.15) is 42.5 Å². The summed E-state index contributed by atoms with van der Waals surface area (Å²) in [5, 5.41) is 5.00. The number of aryl methyl sites for hydroxylation is 2. The van der Waals surface area contributed by atoms with E-state index in [1.807, 2.05) is 13.2 Å². The van der Waals surface area contributed by atoms with Gasteiger partial charge in [0.2, 0.25) is 5.16 Å². The van der Waals surface area contributed by atoms with E-state index in [1.54, 1.807) is 11.4 Å². The molecule has 13 heteroatoms. The molecule has 0 saturated carbocycles. The Morgan fingerprint density at radius 3 is 2.41 bits per heavy atom. The molecule has 3 rings (SSSR count). The van der Waals surface area contributed by atoms with Crippen LogP contribution in [-0.2, 0) is 32.0 Å². The zero-order valence-corrected chi connectivity index (χ0v) is 19.7. The summed E-state index contributed by atoms with van der Waals surface area (Å²) in [5.41, 5.74) is 7.99. The van der Waals surface area contributed by atoms with Crippen LogP contribution in [0.5, 0.6) is 0 Å². The number of hydrogen-bond donors (Lipinski definition) is 1. The molecule has 3 aromatic heterocycles. The van der Waals surface area contributed by atoms with Crippen LogP contribution in [-0.4, -0.2) is 58.0 Å². The minimum Gasteiger partial charge on any atom is -0.465 e. The topological polar surface area (TPSA) is 148 Å². The zero-order chi connectivity index (χ0) is 23.6. The van der Waals surface area contributed by atoms with Crippen molar-refractivity contribution in [1.82, 2.24) is 19.6 Å². The molecule has 3 aromatic rings. The first kappa shape index (κ1) is 23.5. The third-order valence-corrected chi connectivity index (χ3v) is 6.28. The predicted molar refractivity (Wildman–Crippen MR) is 117 cm³/mol. The second kappa shape index (κ2) is 9.53. The van der Waals surface area contributed by atoms with Gasteiger partial charge in [-0.05, 0) is 20.1 Å². The second-order valence-electron chi connectivity index (χ2n) is 6.54. The van der Waals surface area contributed by atoms with Gasteiger partial charge >= 0.3 is 17.9 Å². The smallest absolute Gasteiger partial charge is 0.348 e. The van der Waals surface area contributed by atoms with E-state index in [0.717, 1.165) is 11.3 Å². The van der Waals surface area contributed by atoms with Crippen molar-refractivity contribution in [3.63, 3.8) is 0 Å². The molecule has 0 aliphatic rings. The first-order chi connectivity index (χ1) is 15.2. The van der Waals surface area contributed by atoms with Crippen LogP contribution in [0, 0.1) is 13.8 Å². The maximum Gasteiger partial charge on any atom is 0.348 e. The minimum atomic E-state index is -0.739. The lowest BCUT2D eigenvalue weighted by Crippen LogP contribution is -2.16. The van der Waals surface area contributed by atoms with Crippen molar-refractivity contribution in [1.29, 1.82) is 0 Å². The van der Waals surface area contributed by atoms with Crippen LogP contribution in [0.4, 0.5) is 5.00 Å². The molecule has 32 heavy (non-hydrogen) atoms. The maximum absolute atomic E-state index is 12.6. The molecule has 0 aliphatic heterocycles. The first-order valence-electron chi connectivity index (χ1n) is 9.22. The Hall–Kier alpha value is -3.19. The normalized spacial score (nSPS) is 10.9. The third-order valence-electron chi connectivity index (χ3n) is 4.71. The van der Waals surface area contributed by atoms with Crippen LogP contribution < -0.4 is 5.73 Å². The largest absolute Gasteiger partial charge is 0.465 e. The third kappa shape index (κ3) is 4.39. The number of thiophene rings is 1. The quantitative estimate of drug-likeness (QED) is 0.301. The van der Waals surface area contributed by atoms with Crippen LogP contribution in [0.15, 0.2) is 5.16 Å². The molecule has 0 bridgehead atoms. The number of nitrogens with two attached hydrogens (primary N) is 1. The Morgan fingerprint density at radius 1 is 1.09 bits per heavy atom. The lowest BCUT2D eigenvalue weighted by Gasteiger charge is -2.11. The van der Waals surface area contributed by atoms with Crippen molar-refractivity contribution in [3.05, 3.63) is 33.0 Å². The van der Waals surface area contributed by atoms with Crippen LogP contribution in [0.3, 0.4) is 0 Å². The summed E-state index contributed by atoms with van der Waals surface area (Å²) in [7, 11) is 2.39. The Balaban J connectivity index is 1.85. The summed E-state index contributed by atoms with van der Waals surface area (Å²) in [6.45, 7) is 3.23. The summed E-state index contributed by atoms with van der Waals surface area (Å²) in [5.74, 6) is -1.57. The van der Waals surface area contributed by atoms with E-state index in [9.17, 15) is 14.4 Å². The Bertz CT molecular complexity index is 1220. The highest BCUT2D eigenvalue weighted by Gasteiger charge is 2.28. The molecule has 170 valence electrons. The standard InChI is InChI=1S/C19H21N5O6S2/c1-8-10(9(2)24-18(21-8)22-19(23-24)31-5)6-12(25)30-7-11-13(16(26)28-3)15(20)32-14(11)17(27)29-4/h6-7,20H2,1-5H3. The van der Waals surface area contributed by atoms with E-state index < -0.39 is 17.9 Å². The number of ether oxygens (including phenoxy) is 3. The van der Waals surface area contributed by atoms with Gasteiger partial charge in [0.15, 0.2) is 0 Å². The number of hydrogen-bond acceptors (Lipinski definition) is 12. The zero-order valence-electron chi connectivity index (χ0n) is 18.0. The van der Waals surface area contributed by atoms with Gasteiger partial charge in [0.05, 0.1) is 20.6 Å². The number of esters is 3. The van der Waals surface area contributed by atoms with E-state index in [2.05, 4.69) is 15.1 Å². The lowest BCUT2D eigenvalue weighted by molar-refractivity contribution is -0.144. The number of aromatic nitrogens is 4. The highest BCUT2D eigenvalue weighted by molar-refractivity contribution is 7.98. The highest BCUT2D eigenvalue weighted by Crippen LogP contribution is 2.33. The molecule has 0 aliphatic carbocycles. The maximum atomic E-state index is 12.6. The molecular weight excluding hydrogens is 458 g/mol. The highest BCUT2D eigenvalue weighted by atomic mass is 32.2. The van der Waals surface area contributed by atoms with Crippen LogP contribution >= 0.6 is 23.1 Å². The number of nitrogens with zero attached hydrogens (tertiary/aromatic N) is 4. The van der Waals surface area contributed by atoms with E-state index >= 15 is 0 Å². The Labute approximate surface area is 191 Å². The molecule has 0 fully saturated rings. The number of carbonyl (C=O) groups excluding carboxylic acids is 3. The van der Waals surface area contributed by atoms with Gasteiger partial charge in [-0.15, -0.1) is 16.4 Å². The molecule has 0 aromatic carbocycles. The molecule has 0 unspecified atom stereocenters.